The summed E-state index contributed by atoms with van der Waals surface area (Å²) in [5.41, 5.74) is -0.885. The number of rotatable bonds is 1. The Morgan fingerprint density at radius 3 is 3.00 bits per heavy atom. The maximum absolute atomic E-state index is 10.9. The molecule has 0 saturated heterocycles. The molecule has 2 nitrogen and oxygen atoms in total. The van der Waals surface area contributed by atoms with Crippen LogP contribution >= 0.6 is 0 Å². The third kappa shape index (κ3) is 2.06. The van der Waals surface area contributed by atoms with Crippen LogP contribution in [0.5, 0.6) is 0 Å². The smallest absolute Gasteiger partial charge is 0.135 e. The topological polar surface area (TPSA) is 37.3 Å². The molecule has 0 aromatic heterocycles. The van der Waals surface area contributed by atoms with E-state index in [9.17, 15) is 9.90 Å². The monoisotopic (exact) mass is 152 g/mol. The molecule has 0 spiro atoms. The fourth-order valence-corrected chi connectivity index (χ4v) is 1.50. The van der Waals surface area contributed by atoms with Gasteiger partial charge in [0.2, 0.25) is 0 Å². The highest BCUT2D eigenvalue weighted by molar-refractivity contribution is 5.80. The molecule has 0 aliphatic heterocycles. The molecule has 0 aromatic carbocycles. The van der Waals surface area contributed by atoms with Gasteiger partial charge in [0, 0.05) is 19.3 Å². The Kier molecular flexibility index (Phi) is 2.31. The van der Waals surface area contributed by atoms with Crippen molar-refractivity contribution in [3.63, 3.8) is 0 Å². The number of aliphatic hydroxyl groups is 1. The molecule has 1 aliphatic carbocycles. The first kappa shape index (κ1) is 8.29. The lowest BCUT2D eigenvalue weighted by Gasteiger charge is -2.28. The predicted octanol–water partition coefficient (Wildman–Crippen LogP) is 0.884. The molecule has 1 fully saturated rings. The number of hydrogen-bond donors (Lipinski definition) is 1. The Morgan fingerprint density at radius 2 is 2.45 bits per heavy atom. The van der Waals surface area contributed by atoms with Crippen LogP contribution in [0.4, 0.5) is 0 Å². The van der Waals surface area contributed by atoms with Gasteiger partial charge in [0.1, 0.15) is 5.78 Å². The standard InChI is InChI=1S/C9H12O2/c1-2-5-9(11)6-3-4-8(10)7-9/h1,11H,3-7H2. The minimum atomic E-state index is -0.885. The van der Waals surface area contributed by atoms with Gasteiger partial charge >= 0.3 is 0 Å². The van der Waals surface area contributed by atoms with Gasteiger partial charge in [-0.15, -0.1) is 12.3 Å². The summed E-state index contributed by atoms with van der Waals surface area (Å²) in [6.45, 7) is 0. The summed E-state index contributed by atoms with van der Waals surface area (Å²) in [6, 6.07) is 0. The van der Waals surface area contributed by atoms with Crippen LogP contribution in [0, 0.1) is 12.3 Å². The van der Waals surface area contributed by atoms with E-state index in [1.165, 1.54) is 0 Å². The number of carbonyl (C=O) groups is 1. The molecule has 0 radical (unpaired) electrons. The molecular weight excluding hydrogens is 140 g/mol. The van der Waals surface area contributed by atoms with Crippen LogP contribution in [0.2, 0.25) is 0 Å². The molecule has 1 aliphatic rings. The van der Waals surface area contributed by atoms with Crippen molar-refractivity contribution in [2.75, 3.05) is 0 Å². The molecule has 1 saturated carbocycles. The van der Waals surface area contributed by atoms with E-state index >= 15 is 0 Å². The lowest BCUT2D eigenvalue weighted by atomic mass is 9.82. The Balaban J connectivity index is 2.56. The van der Waals surface area contributed by atoms with Crippen LogP contribution in [0.25, 0.3) is 0 Å². The summed E-state index contributed by atoms with van der Waals surface area (Å²) in [7, 11) is 0. The SMILES string of the molecule is C#CCC1(O)CCCC(=O)C1. The molecule has 11 heavy (non-hydrogen) atoms. The normalized spacial score (nSPS) is 31.5. The molecule has 2 heteroatoms. The van der Waals surface area contributed by atoms with E-state index in [1.54, 1.807) is 0 Å². The van der Waals surface area contributed by atoms with Crippen molar-refractivity contribution < 1.29 is 9.90 Å². The Labute approximate surface area is 66.6 Å². The van der Waals surface area contributed by atoms with Gasteiger partial charge in [-0.05, 0) is 12.8 Å². The molecule has 0 aromatic rings. The quantitative estimate of drug-likeness (QED) is 0.566. The largest absolute Gasteiger partial charge is 0.388 e. The second-order valence-electron chi connectivity index (χ2n) is 3.17. The van der Waals surface area contributed by atoms with Crippen LogP contribution in [-0.4, -0.2) is 16.5 Å². The van der Waals surface area contributed by atoms with E-state index in [0.29, 0.717) is 19.3 Å². The minimum absolute atomic E-state index is 0.133. The highest BCUT2D eigenvalue weighted by atomic mass is 16.3. The summed E-state index contributed by atoms with van der Waals surface area (Å²) >= 11 is 0. The first-order chi connectivity index (χ1) is 5.16. The lowest BCUT2D eigenvalue weighted by Crippen LogP contribution is -2.34. The highest BCUT2D eigenvalue weighted by Crippen LogP contribution is 2.28. The maximum Gasteiger partial charge on any atom is 0.135 e. The summed E-state index contributed by atoms with van der Waals surface area (Å²) in [4.78, 5) is 10.9. The average Bonchev–Trinajstić information content (AvgIpc) is 1.86. The summed E-state index contributed by atoms with van der Waals surface area (Å²) in [5.74, 6) is 2.53. The first-order valence-corrected chi connectivity index (χ1v) is 3.84. The number of hydrogen-bond acceptors (Lipinski definition) is 2. The average molecular weight is 152 g/mol. The van der Waals surface area contributed by atoms with Crippen LogP contribution in [-0.2, 0) is 4.79 Å². The molecule has 60 valence electrons. The van der Waals surface area contributed by atoms with Crippen LogP contribution in [0.15, 0.2) is 0 Å². The third-order valence-corrected chi connectivity index (χ3v) is 2.06. The first-order valence-electron chi connectivity index (χ1n) is 3.84. The van der Waals surface area contributed by atoms with E-state index < -0.39 is 5.60 Å². The fourth-order valence-electron chi connectivity index (χ4n) is 1.50. The van der Waals surface area contributed by atoms with Gasteiger partial charge in [-0.3, -0.25) is 4.79 Å². The number of terminal acetylenes is 1. The summed E-state index contributed by atoms with van der Waals surface area (Å²) in [6.07, 6.45) is 7.67. The third-order valence-electron chi connectivity index (χ3n) is 2.06. The Hall–Kier alpha value is -0.810. The van der Waals surface area contributed by atoms with E-state index in [0.717, 1.165) is 6.42 Å². The van der Waals surface area contributed by atoms with Gasteiger partial charge in [0.05, 0.1) is 5.60 Å². The zero-order chi connectivity index (χ0) is 8.32. The molecule has 1 unspecified atom stereocenters. The van der Waals surface area contributed by atoms with Crippen molar-refractivity contribution in [1.82, 2.24) is 0 Å². The predicted molar refractivity (Wildman–Crippen MR) is 41.9 cm³/mol. The molecule has 0 heterocycles. The summed E-state index contributed by atoms with van der Waals surface area (Å²) < 4.78 is 0. The van der Waals surface area contributed by atoms with Gasteiger partial charge in [-0.2, -0.15) is 0 Å². The van der Waals surface area contributed by atoms with Crippen molar-refractivity contribution in [2.24, 2.45) is 0 Å². The van der Waals surface area contributed by atoms with Crippen molar-refractivity contribution in [3.8, 4) is 12.3 Å². The molecule has 1 atom stereocenters. The van der Waals surface area contributed by atoms with Crippen molar-refractivity contribution in [1.29, 1.82) is 0 Å². The van der Waals surface area contributed by atoms with Crippen LogP contribution in [0.3, 0.4) is 0 Å². The number of ketones is 1. The lowest BCUT2D eigenvalue weighted by molar-refractivity contribution is -0.127. The van der Waals surface area contributed by atoms with Gasteiger partial charge < -0.3 is 5.11 Å². The second-order valence-corrected chi connectivity index (χ2v) is 3.17. The van der Waals surface area contributed by atoms with E-state index in [-0.39, 0.29) is 12.2 Å². The van der Waals surface area contributed by atoms with Crippen LogP contribution in [0.1, 0.15) is 32.1 Å². The zero-order valence-electron chi connectivity index (χ0n) is 6.47. The van der Waals surface area contributed by atoms with Crippen molar-refractivity contribution in [3.05, 3.63) is 0 Å². The molecule has 1 rings (SSSR count). The number of carbonyl (C=O) groups excluding carboxylic acids is 1. The summed E-state index contributed by atoms with van der Waals surface area (Å²) in [5, 5.41) is 9.68. The number of Topliss-reactive ketones (excluding diaryl/α,β-unsaturated/α-hetero) is 1. The Bertz CT molecular complexity index is 202. The fraction of sp³-hybridized carbons (Fsp3) is 0.667. The molecule has 1 N–H and O–H groups in total. The van der Waals surface area contributed by atoms with Crippen LogP contribution < -0.4 is 0 Å². The zero-order valence-corrected chi connectivity index (χ0v) is 6.47. The Morgan fingerprint density at radius 1 is 1.73 bits per heavy atom. The van der Waals surface area contributed by atoms with E-state index in [4.69, 9.17) is 6.42 Å². The van der Waals surface area contributed by atoms with Crippen molar-refractivity contribution >= 4 is 5.78 Å². The molecular formula is C9H12O2. The minimum Gasteiger partial charge on any atom is -0.388 e. The molecule has 0 amide bonds. The van der Waals surface area contributed by atoms with Gasteiger partial charge in [0.15, 0.2) is 0 Å². The van der Waals surface area contributed by atoms with Gasteiger partial charge in [0.25, 0.3) is 0 Å². The maximum atomic E-state index is 10.9. The molecule has 0 bridgehead atoms. The van der Waals surface area contributed by atoms with Gasteiger partial charge in [-0.25, -0.2) is 0 Å². The van der Waals surface area contributed by atoms with E-state index in [1.807, 2.05) is 0 Å². The van der Waals surface area contributed by atoms with Crippen molar-refractivity contribution in [2.45, 2.75) is 37.7 Å². The van der Waals surface area contributed by atoms with Gasteiger partial charge in [-0.1, -0.05) is 0 Å². The van der Waals surface area contributed by atoms with E-state index in [2.05, 4.69) is 5.92 Å². The second kappa shape index (κ2) is 3.06. The highest BCUT2D eigenvalue weighted by Gasteiger charge is 2.32.